The van der Waals surface area contributed by atoms with Gasteiger partial charge >= 0.3 is 0 Å². The monoisotopic (exact) mass is 448 g/mol. The lowest BCUT2D eigenvalue weighted by Gasteiger charge is -2.08. The highest BCUT2D eigenvalue weighted by molar-refractivity contribution is 7.18. The van der Waals surface area contributed by atoms with Gasteiger partial charge in [-0.25, -0.2) is 9.97 Å². The van der Waals surface area contributed by atoms with Gasteiger partial charge in [-0.15, -0.1) is 22.7 Å². The minimum absolute atomic E-state index is 0.228. The Balaban J connectivity index is 1.43. The van der Waals surface area contributed by atoms with Crippen LogP contribution in [0.5, 0.6) is 0 Å². The molecule has 0 aliphatic carbocycles. The fourth-order valence-corrected chi connectivity index (χ4v) is 5.25. The molecule has 5 aromatic rings. The summed E-state index contributed by atoms with van der Waals surface area (Å²) in [7, 11) is 1.70. The van der Waals surface area contributed by atoms with Crippen molar-refractivity contribution in [1.29, 1.82) is 0 Å². The Labute approximate surface area is 187 Å². The van der Waals surface area contributed by atoms with Crippen molar-refractivity contribution in [2.24, 2.45) is 0 Å². The summed E-state index contributed by atoms with van der Waals surface area (Å²) in [6.07, 6.45) is 0. The minimum atomic E-state index is -0.228. The number of hydrogen-bond acceptors (Lipinski definition) is 6. The van der Waals surface area contributed by atoms with E-state index in [1.54, 1.807) is 23.8 Å². The lowest BCUT2D eigenvalue weighted by atomic mass is 10.2. The molecule has 156 valence electrons. The molecule has 0 bridgehead atoms. The topological polar surface area (TPSA) is 69.0 Å². The van der Waals surface area contributed by atoms with E-state index in [2.05, 4.69) is 38.1 Å². The first-order valence-corrected chi connectivity index (χ1v) is 11.5. The molecule has 31 heavy (non-hydrogen) atoms. The third-order valence-corrected chi connectivity index (χ3v) is 6.85. The molecule has 1 N–H and O–H groups in total. The van der Waals surface area contributed by atoms with Gasteiger partial charge in [0, 0.05) is 35.6 Å². The number of rotatable bonds is 6. The summed E-state index contributed by atoms with van der Waals surface area (Å²) in [6.45, 7) is 3.29. The third-order valence-electron chi connectivity index (χ3n) is 5.04. The number of methoxy groups -OCH3 is 1. The summed E-state index contributed by atoms with van der Waals surface area (Å²) >= 11 is 3.11. The molecule has 0 atom stereocenters. The van der Waals surface area contributed by atoms with Crippen LogP contribution in [-0.4, -0.2) is 34.2 Å². The Morgan fingerprint density at radius 1 is 1.16 bits per heavy atom. The fourth-order valence-electron chi connectivity index (χ4n) is 3.62. The molecule has 0 saturated heterocycles. The first-order chi connectivity index (χ1) is 15.1. The fraction of sp³-hybridized carbons (Fsp3) is 0.174. The predicted molar refractivity (Wildman–Crippen MR) is 127 cm³/mol. The number of aryl methyl sites for hydroxylation is 1. The van der Waals surface area contributed by atoms with Gasteiger partial charge in [-0.05, 0) is 37.3 Å². The molecule has 2 aromatic carbocycles. The Morgan fingerprint density at radius 3 is 2.90 bits per heavy atom. The van der Waals surface area contributed by atoms with Crippen LogP contribution in [0.1, 0.15) is 15.5 Å². The van der Waals surface area contributed by atoms with Crippen molar-refractivity contribution in [2.75, 3.05) is 19.0 Å². The number of thiazole rings is 2. The molecular formula is C23H20N4O2S2. The van der Waals surface area contributed by atoms with Gasteiger partial charge in [0.25, 0.3) is 5.91 Å². The predicted octanol–water partition coefficient (Wildman–Crippen LogP) is 5.58. The Hall–Kier alpha value is -3.07. The zero-order valence-corrected chi connectivity index (χ0v) is 18.7. The molecule has 6 nitrogen and oxygen atoms in total. The number of ether oxygens (including phenoxy) is 1. The quantitative estimate of drug-likeness (QED) is 0.368. The van der Waals surface area contributed by atoms with Crippen molar-refractivity contribution in [2.45, 2.75) is 13.5 Å². The second-order valence-corrected chi connectivity index (χ2v) is 9.23. The smallest absolute Gasteiger partial charge is 0.275 e. The number of nitrogens with zero attached hydrogens (tertiary/aromatic N) is 3. The molecule has 0 aliphatic heterocycles. The van der Waals surface area contributed by atoms with Gasteiger partial charge in [0.15, 0.2) is 0 Å². The van der Waals surface area contributed by atoms with E-state index in [4.69, 9.17) is 4.74 Å². The van der Waals surface area contributed by atoms with Crippen molar-refractivity contribution in [3.8, 4) is 10.7 Å². The molecule has 1 amide bonds. The highest BCUT2D eigenvalue weighted by Gasteiger charge is 2.17. The number of anilines is 1. The number of carbonyl (C=O) groups is 1. The third kappa shape index (κ3) is 3.85. The lowest BCUT2D eigenvalue weighted by molar-refractivity contribution is 0.102. The van der Waals surface area contributed by atoms with E-state index in [0.29, 0.717) is 24.5 Å². The van der Waals surface area contributed by atoms with Crippen LogP contribution in [0.15, 0.2) is 53.9 Å². The zero-order chi connectivity index (χ0) is 21.4. The van der Waals surface area contributed by atoms with E-state index in [1.165, 1.54) is 11.3 Å². The molecule has 0 spiro atoms. The van der Waals surface area contributed by atoms with Gasteiger partial charge in [0.1, 0.15) is 10.7 Å². The van der Waals surface area contributed by atoms with E-state index in [1.807, 2.05) is 37.3 Å². The number of fused-ring (bicyclic) bond motifs is 2. The SMILES string of the molecule is COCCn1c(-c2nc(C(=O)Nc3ccc4sc(C)nc4c3)cs2)cc2ccccc21. The van der Waals surface area contributed by atoms with E-state index in [9.17, 15) is 4.79 Å². The maximum absolute atomic E-state index is 12.8. The van der Waals surface area contributed by atoms with Crippen LogP contribution in [0.4, 0.5) is 5.69 Å². The highest BCUT2D eigenvalue weighted by atomic mass is 32.1. The normalized spacial score (nSPS) is 11.4. The number of carbonyl (C=O) groups excluding carboxylic acids is 1. The number of para-hydroxylation sites is 1. The van der Waals surface area contributed by atoms with Crippen LogP contribution in [0.25, 0.3) is 31.8 Å². The van der Waals surface area contributed by atoms with E-state index in [-0.39, 0.29) is 5.91 Å². The average Bonchev–Trinajstić information content (AvgIpc) is 3.47. The first-order valence-electron chi connectivity index (χ1n) is 9.84. The van der Waals surface area contributed by atoms with Crippen LogP contribution < -0.4 is 5.32 Å². The maximum atomic E-state index is 12.8. The van der Waals surface area contributed by atoms with Crippen molar-refractivity contribution in [3.63, 3.8) is 0 Å². The van der Waals surface area contributed by atoms with Crippen molar-refractivity contribution < 1.29 is 9.53 Å². The number of benzene rings is 2. The van der Waals surface area contributed by atoms with E-state index in [0.717, 1.165) is 36.8 Å². The summed E-state index contributed by atoms with van der Waals surface area (Å²) in [6, 6.07) is 16.1. The number of hydrogen-bond donors (Lipinski definition) is 1. The molecular weight excluding hydrogens is 428 g/mol. The van der Waals surface area contributed by atoms with Crippen LogP contribution in [-0.2, 0) is 11.3 Å². The van der Waals surface area contributed by atoms with Gasteiger partial charge in [-0.2, -0.15) is 0 Å². The van der Waals surface area contributed by atoms with Crippen LogP contribution in [0.2, 0.25) is 0 Å². The molecule has 5 rings (SSSR count). The maximum Gasteiger partial charge on any atom is 0.275 e. The number of amides is 1. The Bertz CT molecular complexity index is 1400. The lowest BCUT2D eigenvalue weighted by Crippen LogP contribution is -2.12. The molecule has 0 fully saturated rings. The molecule has 0 radical (unpaired) electrons. The Kier molecular flexibility index (Phi) is 5.27. The van der Waals surface area contributed by atoms with Crippen molar-refractivity contribution in [1.82, 2.24) is 14.5 Å². The van der Waals surface area contributed by atoms with Gasteiger partial charge in [0.05, 0.1) is 27.5 Å². The summed E-state index contributed by atoms with van der Waals surface area (Å²) in [5.41, 5.74) is 4.12. The molecule has 3 heterocycles. The minimum Gasteiger partial charge on any atom is -0.383 e. The van der Waals surface area contributed by atoms with Crippen molar-refractivity contribution in [3.05, 3.63) is 64.6 Å². The van der Waals surface area contributed by atoms with E-state index >= 15 is 0 Å². The summed E-state index contributed by atoms with van der Waals surface area (Å²) in [5.74, 6) is -0.228. The standard InChI is InChI=1S/C23H20N4O2S2/c1-14-24-17-12-16(7-8-21(17)31-14)25-22(28)18-13-30-23(26-18)20-11-15-5-3-4-6-19(15)27(20)9-10-29-2/h3-8,11-13H,9-10H2,1-2H3,(H,25,28). The summed E-state index contributed by atoms with van der Waals surface area (Å²) in [4.78, 5) is 21.9. The summed E-state index contributed by atoms with van der Waals surface area (Å²) < 4.78 is 8.59. The number of nitrogens with one attached hydrogen (secondary N) is 1. The van der Waals surface area contributed by atoms with Crippen LogP contribution in [0, 0.1) is 6.92 Å². The van der Waals surface area contributed by atoms with Gasteiger partial charge in [0.2, 0.25) is 0 Å². The number of aromatic nitrogens is 3. The molecule has 0 unspecified atom stereocenters. The largest absolute Gasteiger partial charge is 0.383 e. The van der Waals surface area contributed by atoms with Crippen LogP contribution >= 0.6 is 22.7 Å². The van der Waals surface area contributed by atoms with Gasteiger partial charge < -0.3 is 14.6 Å². The van der Waals surface area contributed by atoms with Crippen LogP contribution in [0.3, 0.4) is 0 Å². The second-order valence-electron chi connectivity index (χ2n) is 7.14. The molecule has 0 aliphatic rings. The molecule has 0 saturated carbocycles. The van der Waals surface area contributed by atoms with E-state index < -0.39 is 0 Å². The first kappa shape index (κ1) is 19.9. The summed E-state index contributed by atoms with van der Waals surface area (Å²) in [5, 5.41) is 7.70. The average molecular weight is 449 g/mol. The Morgan fingerprint density at radius 2 is 2.03 bits per heavy atom. The molecule has 8 heteroatoms. The van der Waals surface area contributed by atoms with Gasteiger partial charge in [-0.3, -0.25) is 4.79 Å². The second kappa shape index (κ2) is 8.22. The van der Waals surface area contributed by atoms with Gasteiger partial charge in [-0.1, -0.05) is 18.2 Å². The van der Waals surface area contributed by atoms with Crippen molar-refractivity contribution >= 4 is 55.4 Å². The highest BCUT2D eigenvalue weighted by Crippen LogP contribution is 2.31. The molecule has 3 aromatic heterocycles. The zero-order valence-electron chi connectivity index (χ0n) is 17.1.